The molecule has 2 heterocycles. The summed E-state index contributed by atoms with van der Waals surface area (Å²) < 4.78 is 29.7. The molecule has 0 radical (unpaired) electrons. The van der Waals surface area contributed by atoms with Crippen LogP contribution in [0.25, 0.3) is 21.8 Å². The number of rotatable bonds is 5. The number of hydrogen-bond donors (Lipinski definition) is 0. The Morgan fingerprint density at radius 2 is 2.08 bits per heavy atom. The molecule has 5 nitrogen and oxygen atoms in total. The Kier molecular flexibility index (Phi) is 4.64. The summed E-state index contributed by atoms with van der Waals surface area (Å²) in [5.41, 5.74) is 2.39. The van der Waals surface area contributed by atoms with Crippen LogP contribution >= 0.6 is 11.3 Å². The fourth-order valence-electron chi connectivity index (χ4n) is 2.26. The Balaban J connectivity index is 2.09. The van der Waals surface area contributed by atoms with Crippen molar-refractivity contribution in [2.75, 3.05) is 12.9 Å². The van der Waals surface area contributed by atoms with Crippen LogP contribution in [0.15, 0.2) is 53.0 Å². The van der Waals surface area contributed by atoms with Gasteiger partial charge in [-0.1, -0.05) is 6.92 Å². The summed E-state index contributed by atoms with van der Waals surface area (Å²) in [4.78, 5) is 8.98. The van der Waals surface area contributed by atoms with E-state index in [9.17, 15) is 8.42 Å². The van der Waals surface area contributed by atoms with Crippen molar-refractivity contribution in [1.29, 1.82) is 0 Å². The fourth-order valence-corrected chi connectivity index (χ4v) is 4.01. The molecule has 0 amide bonds. The molecule has 0 bridgehead atoms. The summed E-state index contributed by atoms with van der Waals surface area (Å²) in [6, 6.07) is 8.65. The van der Waals surface area contributed by atoms with Crippen LogP contribution in [0.1, 0.15) is 6.92 Å². The first-order valence-electron chi connectivity index (χ1n) is 7.32. The molecule has 0 fully saturated rings. The van der Waals surface area contributed by atoms with Crippen molar-refractivity contribution in [3.63, 3.8) is 0 Å². The number of ether oxygens (including phenoxy) is 1. The van der Waals surface area contributed by atoms with Gasteiger partial charge in [-0.3, -0.25) is 4.98 Å². The van der Waals surface area contributed by atoms with E-state index in [1.165, 1.54) is 11.3 Å². The van der Waals surface area contributed by atoms with E-state index in [0.29, 0.717) is 16.3 Å². The Bertz CT molecular complexity index is 951. The molecule has 124 valence electrons. The Hall–Kier alpha value is -2.25. The lowest BCUT2D eigenvalue weighted by Crippen LogP contribution is -2.04. The highest BCUT2D eigenvalue weighted by molar-refractivity contribution is 7.91. The molecule has 0 atom stereocenters. The number of sulfone groups is 1. The number of benzene rings is 1. The van der Waals surface area contributed by atoms with Crippen molar-refractivity contribution in [2.45, 2.75) is 11.8 Å². The molecular formula is C17H16N2O3S2. The quantitative estimate of drug-likeness (QED) is 0.694. The van der Waals surface area contributed by atoms with Crippen LogP contribution in [0.4, 0.5) is 0 Å². The monoisotopic (exact) mass is 360 g/mol. The predicted octanol–water partition coefficient (Wildman–Crippen LogP) is 3.67. The second kappa shape index (κ2) is 6.70. The molecule has 24 heavy (non-hydrogen) atoms. The molecule has 0 saturated heterocycles. The Morgan fingerprint density at radius 1 is 1.25 bits per heavy atom. The minimum atomic E-state index is -3.29. The minimum absolute atomic E-state index is 0.0531. The van der Waals surface area contributed by atoms with Gasteiger partial charge in [-0.2, -0.15) is 0 Å². The van der Waals surface area contributed by atoms with Gasteiger partial charge >= 0.3 is 0 Å². The van der Waals surface area contributed by atoms with Gasteiger partial charge in [-0.05, 0) is 30.3 Å². The number of nitrogens with zero attached hydrogens (tertiary/aromatic N) is 2. The maximum absolute atomic E-state index is 12.1. The van der Waals surface area contributed by atoms with Crippen molar-refractivity contribution in [1.82, 2.24) is 9.97 Å². The van der Waals surface area contributed by atoms with Crippen molar-refractivity contribution < 1.29 is 13.2 Å². The highest BCUT2D eigenvalue weighted by Crippen LogP contribution is 2.36. The zero-order valence-electron chi connectivity index (χ0n) is 13.3. The van der Waals surface area contributed by atoms with Gasteiger partial charge in [-0.15, -0.1) is 11.3 Å². The van der Waals surface area contributed by atoms with Crippen molar-refractivity contribution in [3.8, 4) is 27.6 Å². The molecule has 0 saturated carbocycles. The molecule has 0 aliphatic heterocycles. The largest absolute Gasteiger partial charge is 0.496 e. The summed E-state index contributed by atoms with van der Waals surface area (Å²) in [5.74, 6) is 0.648. The second-order valence-corrected chi connectivity index (χ2v) is 8.18. The van der Waals surface area contributed by atoms with Crippen LogP contribution in [0.3, 0.4) is 0 Å². The molecule has 0 N–H and O–H groups in total. The molecule has 1 aromatic carbocycles. The first kappa shape index (κ1) is 16.6. The highest BCUT2D eigenvalue weighted by atomic mass is 32.2. The lowest BCUT2D eigenvalue weighted by molar-refractivity contribution is 0.416. The van der Waals surface area contributed by atoms with Crippen LogP contribution in [0, 0.1) is 0 Å². The number of thiazole rings is 1. The number of hydrogen-bond acceptors (Lipinski definition) is 6. The summed E-state index contributed by atoms with van der Waals surface area (Å²) in [6.07, 6.45) is 3.45. The topological polar surface area (TPSA) is 69.2 Å². The average Bonchev–Trinajstić information content (AvgIpc) is 3.12. The van der Waals surface area contributed by atoms with E-state index in [1.807, 2.05) is 17.5 Å². The lowest BCUT2D eigenvalue weighted by atomic mass is 10.2. The van der Waals surface area contributed by atoms with Crippen LogP contribution in [-0.4, -0.2) is 31.2 Å². The lowest BCUT2D eigenvalue weighted by Gasteiger charge is -2.09. The van der Waals surface area contributed by atoms with E-state index in [2.05, 4.69) is 9.97 Å². The molecule has 3 aromatic rings. The Labute approximate surface area is 144 Å². The van der Waals surface area contributed by atoms with E-state index < -0.39 is 9.84 Å². The first-order valence-corrected chi connectivity index (χ1v) is 9.85. The van der Waals surface area contributed by atoms with Crippen molar-refractivity contribution >= 4 is 21.2 Å². The molecule has 0 spiro atoms. The molecule has 3 rings (SSSR count). The van der Waals surface area contributed by atoms with Crippen molar-refractivity contribution in [3.05, 3.63) is 48.1 Å². The van der Waals surface area contributed by atoms with Crippen LogP contribution in [0.5, 0.6) is 5.75 Å². The maximum atomic E-state index is 12.1. The number of aromatic nitrogens is 2. The summed E-state index contributed by atoms with van der Waals surface area (Å²) in [6.45, 7) is 1.63. The minimum Gasteiger partial charge on any atom is -0.496 e. The molecule has 2 aromatic heterocycles. The van der Waals surface area contributed by atoms with Gasteiger partial charge in [0, 0.05) is 23.3 Å². The molecule has 0 aliphatic carbocycles. The van der Waals surface area contributed by atoms with E-state index >= 15 is 0 Å². The second-order valence-electron chi connectivity index (χ2n) is 5.05. The standard InChI is InChI=1S/C17H16N2O3S2/c1-3-24(20,21)13-6-7-16(22-2)14(9-13)17-19-15(11-23-17)12-5-4-8-18-10-12/h4-11H,3H2,1-2H3. The van der Waals surface area contributed by atoms with Crippen LogP contribution in [0.2, 0.25) is 0 Å². The molecule has 0 aliphatic rings. The van der Waals surface area contributed by atoms with Gasteiger partial charge in [0.05, 0.1) is 29.0 Å². The summed E-state index contributed by atoms with van der Waals surface area (Å²) >= 11 is 1.44. The zero-order chi connectivity index (χ0) is 17.2. The third-order valence-electron chi connectivity index (χ3n) is 3.60. The number of pyridine rings is 1. The highest BCUT2D eigenvalue weighted by Gasteiger charge is 2.17. The Morgan fingerprint density at radius 3 is 2.75 bits per heavy atom. The van der Waals surface area contributed by atoms with Gasteiger partial charge in [-0.25, -0.2) is 13.4 Å². The predicted molar refractivity (Wildman–Crippen MR) is 95.1 cm³/mol. The SMILES string of the molecule is CCS(=O)(=O)c1ccc(OC)c(-c2nc(-c3cccnc3)cs2)c1. The van der Waals surface area contributed by atoms with Crippen LogP contribution < -0.4 is 4.74 Å². The third-order valence-corrected chi connectivity index (χ3v) is 6.21. The average molecular weight is 360 g/mol. The van der Waals surface area contributed by atoms with Crippen molar-refractivity contribution in [2.24, 2.45) is 0 Å². The molecule has 0 unspecified atom stereocenters. The maximum Gasteiger partial charge on any atom is 0.178 e. The van der Waals surface area contributed by atoms with Gasteiger partial charge in [0.1, 0.15) is 10.8 Å². The number of methoxy groups -OCH3 is 1. The molecule has 7 heteroatoms. The van der Waals surface area contributed by atoms with E-state index in [1.54, 1.807) is 44.6 Å². The fraction of sp³-hybridized carbons (Fsp3) is 0.176. The van der Waals surface area contributed by atoms with E-state index in [4.69, 9.17) is 4.74 Å². The van der Waals surface area contributed by atoms with E-state index in [0.717, 1.165) is 11.3 Å². The zero-order valence-corrected chi connectivity index (χ0v) is 14.9. The smallest absolute Gasteiger partial charge is 0.178 e. The third kappa shape index (κ3) is 3.18. The van der Waals surface area contributed by atoms with Gasteiger partial charge < -0.3 is 4.74 Å². The van der Waals surface area contributed by atoms with Gasteiger partial charge in [0.25, 0.3) is 0 Å². The molecular weight excluding hydrogens is 344 g/mol. The summed E-state index contributed by atoms with van der Waals surface area (Å²) in [7, 11) is -1.73. The normalized spacial score (nSPS) is 11.4. The van der Waals surface area contributed by atoms with E-state index in [-0.39, 0.29) is 10.6 Å². The van der Waals surface area contributed by atoms with Gasteiger partial charge in [0.2, 0.25) is 0 Å². The van der Waals surface area contributed by atoms with Crippen LogP contribution in [-0.2, 0) is 9.84 Å². The summed E-state index contributed by atoms with van der Waals surface area (Å²) in [5, 5.41) is 2.63. The first-order chi connectivity index (χ1) is 11.5. The van der Waals surface area contributed by atoms with Gasteiger partial charge in [0.15, 0.2) is 9.84 Å².